The van der Waals surface area contributed by atoms with Crippen LogP contribution in [0.3, 0.4) is 0 Å². The summed E-state index contributed by atoms with van der Waals surface area (Å²) in [5.74, 6) is 1.57. The van der Waals surface area contributed by atoms with E-state index in [1.165, 1.54) is 0 Å². The number of pyridine rings is 1. The first-order valence-electron chi connectivity index (χ1n) is 7.45. The molecule has 2 heterocycles. The van der Waals surface area contributed by atoms with Crippen LogP contribution in [0.15, 0.2) is 54.6 Å². The SMILES string of the molecule is C#CCOC(=O)c1cc(C(=O)c2ccccc2)n2c(C)cccc12. The summed E-state index contributed by atoms with van der Waals surface area (Å²) in [7, 11) is 0. The number of aromatic nitrogens is 1. The Hall–Kier alpha value is -3.32. The molecule has 0 amide bonds. The third kappa shape index (κ3) is 2.68. The lowest BCUT2D eigenvalue weighted by Gasteiger charge is -2.06. The van der Waals surface area contributed by atoms with Crippen LogP contribution in [0.1, 0.15) is 32.1 Å². The van der Waals surface area contributed by atoms with Crippen LogP contribution in [0.4, 0.5) is 0 Å². The molecule has 0 aliphatic rings. The van der Waals surface area contributed by atoms with E-state index < -0.39 is 5.97 Å². The van der Waals surface area contributed by atoms with Crippen molar-refractivity contribution in [1.29, 1.82) is 0 Å². The topological polar surface area (TPSA) is 47.8 Å². The normalized spacial score (nSPS) is 10.3. The summed E-state index contributed by atoms with van der Waals surface area (Å²) in [5.41, 5.74) is 2.78. The molecule has 0 unspecified atom stereocenters. The van der Waals surface area contributed by atoms with E-state index in [9.17, 15) is 9.59 Å². The first kappa shape index (κ1) is 15.6. The highest BCUT2D eigenvalue weighted by Gasteiger charge is 2.22. The third-order valence-corrected chi connectivity index (χ3v) is 3.76. The molecule has 0 radical (unpaired) electrons. The minimum atomic E-state index is -0.539. The van der Waals surface area contributed by atoms with Crippen molar-refractivity contribution in [2.45, 2.75) is 6.92 Å². The Morgan fingerprint density at radius 1 is 1.12 bits per heavy atom. The number of benzene rings is 1. The number of hydrogen-bond acceptors (Lipinski definition) is 3. The van der Waals surface area contributed by atoms with Gasteiger partial charge >= 0.3 is 5.97 Å². The molecule has 0 N–H and O–H groups in total. The van der Waals surface area contributed by atoms with Crippen molar-refractivity contribution in [1.82, 2.24) is 4.40 Å². The fourth-order valence-corrected chi connectivity index (χ4v) is 2.68. The standard InChI is InChI=1S/C20H15NO3/c1-3-12-24-20(23)16-13-18(19(22)15-9-5-4-6-10-15)21-14(2)8-7-11-17(16)21/h1,4-11,13H,12H2,2H3. The van der Waals surface area contributed by atoms with E-state index in [2.05, 4.69) is 5.92 Å². The summed E-state index contributed by atoms with van der Waals surface area (Å²) in [5, 5.41) is 0. The summed E-state index contributed by atoms with van der Waals surface area (Å²) < 4.78 is 6.79. The van der Waals surface area contributed by atoms with E-state index >= 15 is 0 Å². The average Bonchev–Trinajstić information content (AvgIpc) is 3.01. The van der Waals surface area contributed by atoms with Crippen molar-refractivity contribution in [2.75, 3.05) is 6.61 Å². The summed E-state index contributed by atoms with van der Waals surface area (Å²) >= 11 is 0. The Labute approximate surface area is 139 Å². The smallest absolute Gasteiger partial charge is 0.341 e. The molecule has 4 heteroatoms. The fraction of sp³-hybridized carbons (Fsp3) is 0.100. The van der Waals surface area contributed by atoms with Crippen LogP contribution in [-0.4, -0.2) is 22.8 Å². The zero-order valence-corrected chi connectivity index (χ0v) is 13.2. The van der Waals surface area contributed by atoms with Crippen molar-refractivity contribution in [3.8, 4) is 12.3 Å². The largest absolute Gasteiger partial charge is 0.449 e. The van der Waals surface area contributed by atoms with Gasteiger partial charge in [0.25, 0.3) is 0 Å². The molecule has 0 saturated carbocycles. The summed E-state index contributed by atoms with van der Waals surface area (Å²) in [6.45, 7) is 1.77. The molecule has 118 valence electrons. The van der Waals surface area contributed by atoms with Gasteiger partial charge in [-0.3, -0.25) is 4.79 Å². The lowest BCUT2D eigenvalue weighted by molar-refractivity contribution is 0.0559. The average molecular weight is 317 g/mol. The second-order valence-electron chi connectivity index (χ2n) is 5.31. The van der Waals surface area contributed by atoms with Gasteiger partial charge in [0.15, 0.2) is 6.61 Å². The van der Waals surface area contributed by atoms with E-state index in [0.29, 0.717) is 22.3 Å². The number of ketones is 1. The van der Waals surface area contributed by atoms with Crippen LogP contribution in [0.5, 0.6) is 0 Å². The van der Waals surface area contributed by atoms with Crippen molar-refractivity contribution >= 4 is 17.3 Å². The monoisotopic (exact) mass is 317 g/mol. The molecular formula is C20H15NO3. The predicted octanol–water partition coefficient (Wildman–Crippen LogP) is 3.27. The van der Waals surface area contributed by atoms with Crippen LogP contribution in [0.2, 0.25) is 0 Å². The van der Waals surface area contributed by atoms with Crippen LogP contribution in [0, 0.1) is 19.3 Å². The molecule has 1 aromatic carbocycles. The summed E-state index contributed by atoms with van der Waals surface area (Å²) in [4.78, 5) is 25.1. The highest BCUT2D eigenvalue weighted by atomic mass is 16.5. The molecule has 24 heavy (non-hydrogen) atoms. The van der Waals surface area contributed by atoms with E-state index in [1.54, 1.807) is 40.8 Å². The minimum absolute atomic E-state index is 0.107. The predicted molar refractivity (Wildman–Crippen MR) is 91.1 cm³/mol. The molecule has 0 fully saturated rings. The fourth-order valence-electron chi connectivity index (χ4n) is 2.68. The van der Waals surface area contributed by atoms with Gasteiger partial charge in [-0.2, -0.15) is 0 Å². The summed E-state index contributed by atoms with van der Waals surface area (Å²) in [6.07, 6.45) is 5.13. The molecule has 2 aromatic heterocycles. The number of carbonyl (C=O) groups excluding carboxylic acids is 2. The van der Waals surface area contributed by atoms with Gasteiger partial charge in [0, 0.05) is 11.3 Å². The maximum Gasteiger partial charge on any atom is 0.341 e. The lowest BCUT2D eigenvalue weighted by Crippen LogP contribution is -2.06. The first-order valence-corrected chi connectivity index (χ1v) is 7.45. The molecular weight excluding hydrogens is 302 g/mol. The Bertz CT molecular complexity index is 962. The number of terminal acetylenes is 1. The molecule has 4 nitrogen and oxygen atoms in total. The second kappa shape index (κ2) is 6.43. The number of ether oxygens (including phenoxy) is 1. The van der Waals surface area contributed by atoms with E-state index in [1.807, 2.05) is 25.1 Å². The molecule has 0 atom stereocenters. The van der Waals surface area contributed by atoms with Gasteiger partial charge < -0.3 is 9.14 Å². The molecule has 0 aliphatic heterocycles. The number of fused-ring (bicyclic) bond motifs is 1. The molecule has 0 spiro atoms. The second-order valence-corrected chi connectivity index (χ2v) is 5.31. The van der Waals surface area contributed by atoms with Gasteiger partial charge in [-0.1, -0.05) is 42.3 Å². The van der Waals surface area contributed by atoms with E-state index in [0.717, 1.165) is 5.69 Å². The van der Waals surface area contributed by atoms with Crippen molar-refractivity contribution < 1.29 is 14.3 Å². The summed E-state index contributed by atoms with van der Waals surface area (Å²) in [6, 6.07) is 16.0. The number of esters is 1. The highest BCUT2D eigenvalue weighted by molar-refractivity contribution is 6.11. The van der Waals surface area contributed by atoms with Crippen molar-refractivity contribution in [3.05, 3.63) is 77.1 Å². The zero-order chi connectivity index (χ0) is 17.1. The highest BCUT2D eigenvalue weighted by Crippen LogP contribution is 2.22. The van der Waals surface area contributed by atoms with Crippen LogP contribution in [-0.2, 0) is 4.74 Å². The van der Waals surface area contributed by atoms with Gasteiger partial charge in [0.1, 0.15) is 0 Å². The molecule has 0 aliphatic carbocycles. The zero-order valence-electron chi connectivity index (χ0n) is 13.2. The van der Waals surface area contributed by atoms with E-state index in [-0.39, 0.29) is 12.4 Å². The van der Waals surface area contributed by atoms with Gasteiger partial charge in [-0.15, -0.1) is 6.42 Å². The molecule has 0 saturated heterocycles. The van der Waals surface area contributed by atoms with E-state index in [4.69, 9.17) is 11.2 Å². The van der Waals surface area contributed by atoms with Gasteiger partial charge in [-0.05, 0) is 25.1 Å². The molecule has 3 aromatic rings. The van der Waals surface area contributed by atoms with Gasteiger partial charge in [0.2, 0.25) is 5.78 Å². The Morgan fingerprint density at radius 2 is 1.88 bits per heavy atom. The maximum absolute atomic E-state index is 12.9. The van der Waals surface area contributed by atoms with Crippen LogP contribution in [0.25, 0.3) is 5.52 Å². The number of carbonyl (C=O) groups is 2. The van der Waals surface area contributed by atoms with Crippen LogP contribution >= 0.6 is 0 Å². The lowest BCUT2D eigenvalue weighted by atomic mass is 10.1. The number of rotatable bonds is 4. The van der Waals surface area contributed by atoms with Gasteiger partial charge in [-0.25, -0.2) is 4.79 Å². The maximum atomic E-state index is 12.9. The number of nitrogens with zero attached hydrogens (tertiary/aromatic N) is 1. The minimum Gasteiger partial charge on any atom is -0.449 e. The quantitative estimate of drug-likeness (QED) is 0.421. The first-order chi connectivity index (χ1) is 11.6. The van der Waals surface area contributed by atoms with Crippen molar-refractivity contribution in [2.24, 2.45) is 0 Å². The molecule has 3 rings (SSSR count). The number of aryl methyl sites for hydroxylation is 1. The van der Waals surface area contributed by atoms with Crippen molar-refractivity contribution in [3.63, 3.8) is 0 Å². The Kier molecular flexibility index (Phi) is 4.17. The Morgan fingerprint density at radius 3 is 2.58 bits per heavy atom. The Balaban J connectivity index is 2.17. The van der Waals surface area contributed by atoms with Gasteiger partial charge in [0.05, 0.1) is 16.8 Å². The number of hydrogen-bond donors (Lipinski definition) is 0. The third-order valence-electron chi connectivity index (χ3n) is 3.76. The molecule has 0 bridgehead atoms. The van der Waals surface area contributed by atoms with Crippen LogP contribution < -0.4 is 0 Å².